The lowest BCUT2D eigenvalue weighted by atomic mass is 9.36. The second-order valence-corrected chi connectivity index (χ2v) is 35.2. The highest BCUT2D eigenvalue weighted by Gasteiger charge is 2.46. The second-order valence-electron chi connectivity index (χ2n) is 32.0. The number of fused-ring (bicyclic) bond motifs is 9. The largest absolute Gasteiger partial charge is 0.242 e. The average molecular weight is 1510 g/mol. The molecule has 0 atom stereocenters. The Bertz CT molecular complexity index is 4910. The number of hydrogen-bond donors (Lipinski definition) is 0. The molecule has 0 unspecified atom stereocenters. The maximum Gasteiger partial charge on any atom is 0.242 e. The zero-order valence-electron chi connectivity index (χ0n) is 65.3. The van der Waals surface area contributed by atoms with Gasteiger partial charge in [0.2, 0.25) is 13.4 Å². The Kier molecular flexibility index (Phi) is 24.4. The van der Waals surface area contributed by atoms with Crippen LogP contribution in [0.1, 0.15) is 230 Å². The Morgan fingerprint density at radius 1 is 0.245 bits per heavy atom. The minimum atomic E-state index is -0.0879. The molecule has 0 spiro atoms. The molecule has 0 bridgehead atoms. The Hall–Kier alpha value is -8.37. The third kappa shape index (κ3) is 15.3. The van der Waals surface area contributed by atoms with Gasteiger partial charge in [0.05, 0.1) is 23.5 Å². The number of nitrogens with zero attached hydrogens (tertiary/aromatic N) is 4. The molecular weight excluding hydrogens is 1410 g/mol. The molecule has 0 fully saturated rings. The zero-order chi connectivity index (χ0) is 74.6. The number of rotatable bonds is 38. The van der Waals surface area contributed by atoms with E-state index in [1.807, 2.05) is 22.7 Å². The summed E-state index contributed by atoms with van der Waals surface area (Å²) in [5.74, 6) is 0. The molecule has 4 heterocycles. The van der Waals surface area contributed by atoms with Crippen molar-refractivity contribution in [2.24, 2.45) is 0 Å². The Labute approximate surface area is 672 Å². The monoisotopic (exact) mass is 1510 g/mol. The summed E-state index contributed by atoms with van der Waals surface area (Å²) in [6.07, 6.45) is 35.5. The van der Waals surface area contributed by atoms with Gasteiger partial charge in [-0.05, 0) is 93.5 Å². The fourth-order valence-electron chi connectivity index (χ4n) is 19.5. The predicted octanol–water partition coefficient (Wildman–Crippen LogP) is 26.2. The molecule has 14 aromatic rings. The van der Waals surface area contributed by atoms with E-state index < -0.39 is 0 Å². The number of unbranched alkanes of at least 4 members (excludes halogenated alkanes) is 20. The van der Waals surface area contributed by atoms with Gasteiger partial charge in [0.15, 0.2) is 0 Å². The molecule has 0 saturated carbocycles. The lowest BCUT2D eigenvalue weighted by Gasteiger charge is -2.34. The fraction of sp³-hybridized carbons (Fsp3) is 0.340. The van der Waals surface area contributed by atoms with Gasteiger partial charge in [0, 0.05) is 52.2 Å². The van der Waals surface area contributed by atoms with Gasteiger partial charge in [-0.1, -0.05) is 433 Å². The topological polar surface area (TPSA) is 51.6 Å². The SMILES string of the molecule is CCCCCCCCC1(CCCCCCCC)c2ccccc2-c2cc(B(c3ccccc3)c3ccccc3)c(-c3ccc(-c4cc5sc(-c6ccc(-c7cc8c(cc7B(c7ccccc7)c7ccccc7)-c7ccccc7C8(CCCCCCCC)CCCCCCCC)c7nsnc67)cc5s4)c4nsnc34)cc21. The molecule has 10 heteroatoms. The van der Waals surface area contributed by atoms with Gasteiger partial charge in [0.25, 0.3) is 0 Å². The van der Waals surface area contributed by atoms with Gasteiger partial charge < -0.3 is 0 Å². The lowest BCUT2D eigenvalue weighted by Crippen LogP contribution is -2.52. The highest BCUT2D eigenvalue weighted by molar-refractivity contribution is 7.31. The van der Waals surface area contributed by atoms with Gasteiger partial charge in [0.1, 0.15) is 22.1 Å². The van der Waals surface area contributed by atoms with Crippen LogP contribution in [0.2, 0.25) is 0 Å². The van der Waals surface area contributed by atoms with E-state index in [2.05, 4.69) is 258 Å². The van der Waals surface area contributed by atoms with Crippen molar-refractivity contribution in [3.63, 3.8) is 0 Å². The summed E-state index contributed by atoms with van der Waals surface area (Å²) in [4.78, 5) is 2.43. The van der Waals surface area contributed by atoms with Gasteiger partial charge in [-0.15, -0.1) is 22.7 Å². The van der Waals surface area contributed by atoms with Crippen LogP contribution in [0, 0.1) is 0 Å². The normalized spacial score (nSPS) is 13.2. The van der Waals surface area contributed by atoms with Crippen LogP contribution in [-0.2, 0) is 10.8 Å². The first-order valence-corrected chi connectivity index (χ1v) is 45.3. The lowest BCUT2D eigenvalue weighted by molar-refractivity contribution is 0.398. The zero-order valence-corrected chi connectivity index (χ0v) is 68.6. The summed E-state index contributed by atoms with van der Waals surface area (Å²) in [6.45, 7) is 9.29. The van der Waals surface area contributed by atoms with E-state index in [0.717, 1.165) is 70.0 Å². The summed E-state index contributed by atoms with van der Waals surface area (Å²) in [5.41, 5.74) is 30.4. The van der Waals surface area contributed by atoms with Crippen molar-refractivity contribution < 1.29 is 0 Å². The molecule has 2 aliphatic rings. The molecule has 0 radical (unpaired) electrons. The number of benzene rings is 10. The van der Waals surface area contributed by atoms with Crippen molar-refractivity contribution in [1.82, 2.24) is 17.5 Å². The Balaban J connectivity index is 0.795. The van der Waals surface area contributed by atoms with Gasteiger partial charge in [-0.2, -0.15) is 17.5 Å². The molecule has 2 aliphatic carbocycles. The van der Waals surface area contributed by atoms with Crippen LogP contribution < -0.4 is 32.8 Å². The summed E-state index contributed by atoms with van der Waals surface area (Å²) in [6, 6.07) is 89.2. The average Bonchev–Trinajstić information content (AvgIpc) is 1.55. The van der Waals surface area contributed by atoms with Crippen molar-refractivity contribution in [1.29, 1.82) is 0 Å². The highest BCUT2D eigenvalue weighted by Crippen LogP contribution is 2.58. The van der Waals surface area contributed by atoms with Gasteiger partial charge in [-0.3, -0.25) is 0 Å². The first-order valence-electron chi connectivity index (χ1n) is 42.2. The maximum atomic E-state index is 5.37. The minimum Gasteiger partial charge on any atom is -0.172 e. The molecule has 10 aromatic carbocycles. The maximum absolute atomic E-state index is 5.37. The molecule has 16 rings (SSSR count). The van der Waals surface area contributed by atoms with Crippen molar-refractivity contribution in [2.45, 2.75) is 218 Å². The molecule has 110 heavy (non-hydrogen) atoms. The van der Waals surface area contributed by atoms with Gasteiger partial charge in [-0.25, -0.2) is 0 Å². The van der Waals surface area contributed by atoms with Gasteiger partial charge >= 0.3 is 0 Å². The first kappa shape index (κ1) is 75.7. The minimum absolute atomic E-state index is 0.0185. The fourth-order valence-corrected chi connectivity index (χ4v) is 23.1. The standard InChI is InChI=1S/C100H106B2N4S4/c1-5-9-13-17-21-41-61-99(62-42-22-18-14-10-6-2)85-55-39-37-53-75(85)81-67-89(101(71-45-29-25-30-46-71)72-47-31-26-32-48-72)83(65-87(81)99)77-57-59-79(97-95(77)103-109-105-97)91-69-93-94(107-91)70-92(108-93)80-60-58-78(96-98(80)106-110-104-96)84-66-88-82(68-90(84)102(73-49-33-27-34-50-73)74-51-35-28-36-52-74)76-54-38-40-56-86(76)100(88,63-43-23-19-15-11-7-3)64-44-24-20-16-12-8-4/h25-40,45-60,65-70H,5-24,41-44,61-64H2,1-4H3. The predicted molar refractivity (Wildman–Crippen MR) is 483 cm³/mol. The van der Waals surface area contributed by atoms with E-state index in [1.165, 1.54) is 285 Å². The van der Waals surface area contributed by atoms with Crippen molar-refractivity contribution >= 4 is 124 Å². The molecule has 4 aromatic heterocycles. The molecule has 0 saturated heterocycles. The van der Waals surface area contributed by atoms with Crippen LogP contribution in [0.4, 0.5) is 0 Å². The molecule has 0 N–H and O–H groups in total. The van der Waals surface area contributed by atoms with E-state index in [1.54, 1.807) is 0 Å². The van der Waals surface area contributed by atoms with Crippen LogP contribution in [0.5, 0.6) is 0 Å². The van der Waals surface area contributed by atoms with Crippen molar-refractivity contribution in [3.8, 4) is 65.4 Å². The molecule has 556 valence electrons. The summed E-state index contributed by atoms with van der Waals surface area (Å²) >= 11 is 6.45. The Morgan fingerprint density at radius 2 is 0.527 bits per heavy atom. The third-order valence-electron chi connectivity index (χ3n) is 25.0. The number of hydrogen-bond acceptors (Lipinski definition) is 8. The number of aromatic nitrogens is 4. The summed E-state index contributed by atoms with van der Waals surface area (Å²) in [7, 11) is 0. The second kappa shape index (κ2) is 35.5. The first-order chi connectivity index (χ1) is 54.4. The summed E-state index contributed by atoms with van der Waals surface area (Å²) in [5, 5.41) is 0. The van der Waals surface area contributed by atoms with E-state index in [9.17, 15) is 0 Å². The van der Waals surface area contributed by atoms with Crippen LogP contribution >= 0.6 is 46.1 Å². The smallest absolute Gasteiger partial charge is 0.172 e. The summed E-state index contributed by atoms with van der Waals surface area (Å²) < 4.78 is 23.9. The van der Waals surface area contributed by atoms with E-state index in [4.69, 9.17) is 17.5 Å². The quantitative estimate of drug-likeness (QED) is 0.0286. The van der Waals surface area contributed by atoms with Crippen LogP contribution in [-0.4, -0.2) is 30.9 Å². The molecule has 0 aliphatic heterocycles. The van der Waals surface area contributed by atoms with E-state index >= 15 is 0 Å². The van der Waals surface area contributed by atoms with E-state index in [-0.39, 0.29) is 24.3 Å². The van der Waals surface area contributed by atoms with Crippen LogP contribution in [0.15, 0.2) is 231 Å². The van der Waals surface area contributed by atoms with Crippen LogP contribution in [0.3, 0.4) is 0 Å². The number of thiophene rings is 2. The molecule has 0 amide bonds. The van der Waals surface area contributed by atoms with Crippen molar-refractivity contribution in [3.05, 3.63) is 253 Å². The Morgan fingerprint density at radius 3 is 0.855 bits per heavy atom. The van der Waals surface area contributed by atoms with Crippen molar-refractivity contribution in [2.75, 3.05) is 0 Å². The third-order valence-corrected chi connectivity index (χ3v) is 28.4. The van der Waals surface area contributed by atoms with Crippen LogP contribution in [0.25, 0.3) is 96.9 Å². The van der Waals surface area contributed by atoms with E-state index in [0.29, 0.717) is 0 Å². The molecular formula is C100H106B2N4S4. The molecule has 4 nitrogen and oxygen atoms in total. The highest BCUT2D eigenvalue weighted by atomic mass is 32.1.